The van der Waals surface area contributed by atoms with Crippen molar-refractivity contribution in [3.63, 3.8) is 0 Å². The van der Waals surface area contributed by atoms with E-state index in [9.17, 15) is 14.7 Å². The van der Waals surface area contributed by atoms with Crippen molar-refractivity contribution < 1.29 is 19.8 Å². The summed E-state index contributed by atoms with van der Waals surface area (Å²) in [6.45, 7) is 3.60. The van der Waals surface area contributed by atoms with Crippen LogP contribution < -0.4 is 0 Å². The summed E-state index contributed by atoms with van der Waals surface area (Å²) in [6, 6.07) is 10.1. The lowest BCUT2D eigenvalue weighted by molar-refractivity contribution is -0.136. The number of carboxylic acids is 1. The molecule has 6 heteroatoms. The van der Waals surface area contributed by atoms with Gasteiger partial charge in [0.2, 0.25) is 0 Å². The smallest absolute Gasteiger partial charge is 0.307 e. The van der Waals surface area contributed by atoms with Gasteiger partial charge < -0.3 is 15.1 Å². The first kappa shape index (κ1) is 19.7. The third-order valence-corrected chi connectivity index (χ3v) is 4.19. The molecular weight excluding hydrogens is 354 g/mol. The van der Waals surface area contributed by atoms with Crippen LogP contribution in [0, 0.1) is 0 Å². The fraction of sp³-hybridized carbons (Fsp3) is 0.200. The number of amides is 1. The topological polar surface area (TPSA) is 77.8 Å². The fourth-order valence-corrected chi connectivity index (χ4v) is 2.85. The molecule has 0 bridgehead atoms. The van der Waals surface area contributed by atoms with Crippen molar-refractivity contribution in [1.29, 1.82) is 0 Å². The van der Waals surface area contributed by atoms with Crippen molar-refractivity contribution >= 4 is 23.5 Å². The third-order valence-electron chi connectivity index (χ3n) is 3.95. The van der Waals surface area contributed by atoms with Crippen LogP contribution in [0.3, 0.4) is 0 Å². The highest BCUT2D eigenvalue weighted by Crippen LogP contribution is 2.32. The van der Waals surface area contributed by atoms with E-state index in [2.05, 4.69) is 6.58 Å². The summed E-state index contributed by atoms with van der Waals surface area (Å²) in [5, 5.41) is 19.8. The summed E-state index contributed by atoms with van der Waals surface area (Å²) in [7, 11) is 3.21. The molecule has 0 saturated heterocycles. The van der Waals surface area contributed by atoms with Gasteiger partial charge in [-0.25, -0.2) is 0 Å². The number of aliphatic hydroxyl groups is 1. The van der Waals surface area contributed by atoms with Gasteiger partial charge in [0, 0.05) is 24.7 Å². The van der Waals surface area contributed by atoms with Gasteiger partial charge in [-0.3, -0.25) is 9.59 Å². The minimum absolute atomic E-state index is 0.252. The molecule has 26 heavy (non-hydrogen) atoms. The fourth-order valence-electron chi connectivity index (χ4n) is 2.67. The number of carbonyl (C=O) groups is 2. The number of aliphatic hydroxyl groups excluding tert-OH is 1. The van der Waals surface area contributed by atoms with E-state index in [-0.39, 0.29) is 12.3 Å². The molecule has 0 spiro atoms. The molecule has 1 unspecified atom stereocenters. The van der Waals surface area contributed by atoms with Gasteiger partial charge in [0.1, 0.15) is 0 Å². The summed E-state index contributed by atoms with van der Waals surface area (Å²) in [4.78, 5) is 25.0. The zero-order valence-corrected chi connectivity index (χ0v) is 15.3. The van der Waals surface area contributed by atoms with E-state index in [1.165, 1.54) is 11.0 Å². The zero-order chi connectivity index (χ0) is 19.4. The number of nitrogens with zero attached hydrogens (tertiary/aromatic N) is 1. The van der Waals surface area contributed by atoms with Crippen molar-refractivity contribution in [2.45, 2.75) is 12.5 Å². The van der Waals surface area contributed by atoms with E-state index < -0.39 is 12.1 Å². The van der Waals surface area contributed by atoms with Gasteiger partial charge in [-0.05, 0) is 40.5 Å². The van der Waals surface area contributed by atoms with Crippen molar-refractivity contribution in [2.24, 2.45) is 0 Å². The molecule has 2 aromatic carbocycles. The van der Waals surface area contributed by atoms with E-state index in [1.54, 1.807) is 50.5 Å². The summed E-state index contributed by atoms with van der Waals surface area (Å²) in [5.74, 6) is -1.30. The summed E-state index contributed by atoms with van der Waals surface area (Å²) >= 11 is 6.04. The van der Waals surface area contributed by atoms with Crippen LogP contribution in [-0.2, 0) is 11.2 Å². The summed E-state index contributed by atoms with van der Waals surface area (Å²) in [6.07, 6.45) is 0.216. The van der Waals surface area contributed by atoms with Crippen LogP contribution in [0.25, 0.3) is 11.1 Å². The van der Waals surface area contributed by atoms with E-state index >= 15 is 0 Å². The second kappa shape index (κ2) is 8.17. The van der Waals surface area contributed by atoms with Crippen LogP contribution in [0.5, 0.6) is 0 Å². The molecule has 5 nitrogen and oxygen atoms in total. The maximum Gasteiger partial charge on any atom is 0.307 e. The number of halogens is 1. The molecular formula is C20H20ClNO4. The van der Waals surface area contributed by atoms with Gasteiger partial charge in [0.25, 0.3) is 5.91 Å². The molecule has 0 radical (unpaired) electrons. The number of rotatable bonds is 6. The van der Waals surface area contributed by atoms with Gasteiger partial charge in [-0.2, -0.15) is 0 Å². The highest BCUT2D eigenvalue weighted by molar-refractivity contribution is 6.30. The predicted molar refractivity (Wildman–Crippen MR) is 101 cm³/mol. The molecule has 1 atom stereocenters. The van der Waals surface area contributed by atoms with Crippen LogP contribution in [-0.4, -0.2) is 41.1 Å². The largest absolute Gasteiger partial charge is 0.481 e. The number of aliphatic carboxylic acids is 1. The van der Waals surface area contributed by atoms with E-state index in [0.717, 1.165) is 0 Å². The number of hydrogen-bond donors (Lipinski definition) is 2. The number of hydrogen-bond acceptors (Lipinski definition) is 3. The molecule has 0 aromatic heterocycles. The molecule has 0 aliphatic heterocycles. The Morgan fingerprint density at radius 1 is 1.23 bits per heavy atom. The van der Waals surface area contributed by atoms with Gasteiger partial charge in [-0.1, -0.05) is 35.9 Å². The van der Waals surface area contributed by atoms with E-state index in [1.807, 2.05) is 0 Å². The summed E-state index contributed by atoms with van der Waals surface area (Å²) in [5.41, 5.74) is 2.67. The lowest BCUT2D eigenvalue weighted by atomic mass is 9.92. The molecule has 2 rings (SSSR count). The molecule has 0 saturated carbocycles. The average Bonchev–Trinajstić information content (AvgIpc) is 2.60. The molecule has 136 valence electrons. The van der Waals surface area contributed by atoms with Crippen LogP contribution in [0.1, 0.15) is 27.6 Å². The Kier molecular flexibility index (Phi) is 6.18. The third kappa shape index (κ3) is 4.31. The normalized spacial score (nSPS) is 11.7. The minimum Gasteiger partial charge on any atom is -0.481 e. The Labute approximate surface area is 157 Å². The summed E-state index contributed by atoms with van der Waals surface area (Å²) < 4.78 is 0. The highest BCUT2D eigenvalue weighted by atomic mass is 35.5. The van der Waals surface area contributed by atoms with Crippen LogP contribution in [0.15, 0.2) is 49.1 Å². The molecule has 0 heterocycles. The maximum atomic E-state index is 12.5. The molecule has 0 aliphatic carbocycles. The Balaban J connectivity index is 2.65. The van der Waals surface area contributed by atoms with Gasteiger partial charge in [0.15, 0.2) is 0 Å². The average molecular weight is 374 g/mol. The van der Waals surface area contributed by atoms with Crippen molar-refractivity contribution in [2.75, 3.05) is 14.1 Å². The Hall–Kier alpha value is -2.63. The Morgan fingerprint density at radius 2 is 1.92 bits per heavy atom. The SMILES string of the molecule is C=CC(O)c1cc(Cl)ccc1-c1ccc(CC(=O)O)c(C(=O)N(C)C)c1. The van der Waals surface area contributed by atoms with Crippen LogP contribution in [0.2, 0.25) is 5.02 Å². The molecule has 2 aromatic rings. The molecule has 1 amide bonds. The number of benzene rings is 2. The Morgan fingerprint density at radius 3 is 2.50 bits per heavy atom. The van der Waals surface area contributed by atoms with Crippen LogP contribution in [0.4, 0.5) is 0 Å². The second-order valence-electron chi connectivity index (χ2n) is 6.05. The first-order valence-corrected chi connectivity index (χ1v) is 8.29. The van der Waals surface area contributed by atoms with Crippen LogP contribution >= 0.6 is 11.6 Å². The quantitative estimate of drug-likeness (QED) is 0.759. The lowest BCUT2D eigenvalue weighted by Gasteiger charge is -2.17. The van der Waals surface area contributed by atoms with Crippen molar-refractivity contribution in [1.82, 2.24) is 4.90 Å². The lowest BCUT2D eigenvalue weighted by Crippen LogP contribution is -2.23. The molecule has 2 N–H and O–H groups in total. The monoisotopic (exact) mass is 373 g/mol. The first-order valence-electron chi connectivity index (χ1n) is 7.91. The number of carboxylic acid groups (broad SMARTS) is 1. The van der Waals surface area contributed by atoms with Gasteiger partial charge in [0.05, 0.1) is 12.5 Å². The second-order valence-corrected chi connectivity index (χ2v) is 6.49. The molecule has 0 fully saturated rings. The van der Waals surface area contributed by atoms with Crippen molar-refractivity contribution in [3.8, 4) is 11.1 Å². The number of carbonyl (C=O) groups excluding carboxylic acids is 1. The van der Waals surface area contributed by atoms with Gasteiger partial charge in [-0.15, -0.1) is 6.58 Å². The standard InChI is InChI=1S/C20H20ClNO4/c1-4-18(23)17-11-14(21)7-8-15(17)12-5-6-13(10-19(24)25)16(9-12)20(26)22(2)3/h4-9,11,18,23H,1,10H2,2-3H3,(H,24,25). The first-order chi connectivity index (χ1) is 12.2. The highest BCUT2D eigenvalue weighted by Gasteiger charge is 2.18. The van der Waals surface area contributed by atoms with Gasteiger partial charge >= 0.3 is 5.97 Å². The minimum atomic E-state index is -1.01. The maximum absolute atomic E-state index is 12.5. The molecule has 0 aliphatic rings. The van der Waals surface area contributed by atoms with E-state index in [0.29, 0.717) is 32.8 Å². The Bertz CT molecular complexity index is 861. The van der Waals surface area contributed by atoms with E-state index in [4.69, 9.17) is 16.7 Å². The van der Waals surface area contributed by atoms with Crippen molar-refractivity contribution in [3.05, 3.63) is 70.8 Å². The predicted octanol–water partition coefficient (Wildman–Crippen LogP) is 3.56. The zero-order valence-electron chi connectivity index (χ0n) is 14.6.